The molecule has 1 aliphatic rings. The largest absolute Gasteiger partial charge is 0.396 e. The van der Waals surface area contributed by atoms with Gasteiger partial charge in [-0.1, -0.05) is 0 Å². The van der Waals surface area contributed by atoms with E-state index in [4.69, 9.17) is 5.73 Å². The second-order valence-corrected chi connectivity index (χ2v) is 4.82. The van der Waals surface area contributed by atoms with Crippen LogP contribution in [0.25, 0.3) is 0 Å². The Balaban J connectivity index is 2.18. The van der Waals surface area contributed by atoms with Gasteiger partial charge in [-0.2, -0.15) is 0 Å². The van der Waals surface area contributed by atoms with Gasteiger partial charge < -0.3 is 15.7 Å². The standard InChI is InChI=1S/C13H21N3O/c1-10-5-12(7-14)6-13(15-10)16-4-2-3-11(8-16)9-17/h5-6,11,17H,2-4,7-9,14H2,1H3. The molecule has 0 bridgehead atoms. The van der Waals surface area contributed by atoms with Crippen molar-refractivity contribution in [3.8, 4) is 0 Å². The Morgan fingerprint density at radius 1 is 1.53 bits per heavy atom. The molecule has 2 rings (SSSR count). The summed E-state index contributed by atoms with van der Waals surface area (Å²) in [5.41, 5.74) is 7.82. The molecule has 0 amide bonds. The Labute approximate surface area is 102 Å². The number of hydrogen-bond donors (Lipinski definition) is 2. The maximum atomic E-state index is 9.24. The molecular weight excluding hydrogens is 214 g/mol. The normalized spacial score (nSPS) is 20.6. The van der Waals surface area contributed by atoms with Crippen LogP contribution in [0.2, 0.25) is 0 Å². The minimum atomic E-state index is 0.270. The maximum absolute atomic E-state index is 9.24. The van der Waals surface area contributed by atoms with Crippen molar-refractivity contribution in [2.75, 3.05) is 24.6 Å². The molecule has 1 aliphatic heterocycles. The number of piperidine rings is 1. The van der Waals surface area contributed by atoms with Gasteiger partial charge in [-0.25, -0.2) is 4.98 Å². The Kier molecular flexibility index (Phi) is 3.97. The number of aliphatic hydroxyl groups excluding tert-OH is 1. The van der Waals surface area contributed by atoms with E-state index in [9.17, 15) is 5.11 Å². The molecule has 1 aromatic rings. The van der Waals surface area contributed by atoms with Crippen LogP contribution in [0.1, 0.15) is 24.1 Å². The van der Waals surface area contributed by atoms with Crippen molar-refractivity contribution in [2.24, 2.45) is 11.7 Å². The molecule has 3 N–H and O–H groups in total. The molecule has 17 heavy (non-hydrogen) atoms. The number of anilines is 1. The van der Waals surface area contributed by atoms with Gasteiger partial charge in [-0.05, 0) is 43.4 Å². The number of aliphatic hydroxyl groups is 1. The van der Waals surface area contributed by atoms with Gasteiger partial charge in [0, 0.05) is 31.9 Å². The van der Waals surface area contributed by atoms with Gasteiger partial charge >= 0.3 is 0 Å². The number of rotatable bonds is 3. The van der Waals surface area contributed by atoms with Gasteiger partial charge in [0.25, 0.3) is 0 Å². The number of nitrogens with zero attached hydrogens (tertiary/aromatic N) is 2. The number of aryl methyl sites for hydroxylation is 1. The molecule has 0 saturated carbocycles. The fourth-order valence-electron chi connectivity index (χ4n) is 2.42. The average molecular weight is 235 g/mol. The summed E-state index contributed by atoms with van der Waals surface area (Å²) >= 11 is 0. The van der Waals surface area contributed by atoms with Gasteiger partial charge in [-0.3, -0.25) is 0 Å². The van der Waals surface area contributed by atoms with E-state index in [0.717, 1.165) is 43.0 Å². The average Bonchev–Trinajstić information content (AvgIpc) is 2.38. The van der Waals surface area contributed by atoms with Crippen molar-refractivity contribution in [3.63, 3.8) is 0 Å². The van der Waals surface area contributed by atoms with Crippen LogP contribution in [-0.2, 0) is 6.54 Å². The lowest BCUT2D eigenvalue weighted by atomic mass is 9.99. The number of aromatic nitrogens is 1. The number of pyridine rings is 1. The second kappa shape index (κ2) is 5.47. The third-order valence-corrected chi connectivity index (χ3v) is 3.34. The summed E-state index contributed by atoms with van der Waals surface area (Å²) in [7, 11) is 0. The third kappa shape index (κ3) is 2.96. The fraction of sp³-hybridized carbons (Fsp3) is 0.615. The SMILES string of the molecule is Cc1cc(CN)cc(N2CCCC(CO)C2)n1. The molecule has 0 aromatic carbocycles. The highest BCUT2D eigenvalue weighted by atomic mass is 16.3. The highest BCUT2D eigenvalue weighted by Gasteiger charge is 2.20. The van der Waals surface area contributed by atoms with Gasteiger partial charge in [0.2, 0.25) is 0 Å². The molecule has 1 saturated heterocycles. The minimum Gasteiger partial charge on any atom is -0.396 e. The quantitative estimate of drug-likeness (QED) is 0.822. The van der Waals surface area contributed by atoms with Crippen molar-refractivity contribution in [1.29, 1.82) is 0 Å². The topological polar surface area (TPSA) is 62.4 Å². The molecular formula is C13H21N3O. The zero-order valence-electron chi connectivity index (χ0n) is 10.4. The van der Waals surface area contributed by atoms with E-state index in [1.165, 1.54) is 0 Å². The Morgan fingerprint density at radius 3 is 3.06 bits per heavy atom. The molecule has 4 nitrogen and oxygen atoms in total. The Hall–Kier alpha value is -1.13. The summed E-state index contributed by atoms with van der Waals surface area (Å²) in [4.78, 5) is 6.82. The van der Waals surface area contributed by atoms with Crippen molar-refractivity contribution in [3.05, 3.63) is 23.4 Å². The van der Waals surface area contributed by atoms with Crippen LogP contribution in [0.5, 0.6) is 0 Å². The van der Waals surface area contributed by atoms with E-state index >= 15 is 0 Å². The maximum Gasteiger partial charge on any atom is 0.129 e. The van der Waals surface area contributed by atoms with E-state index in [0.29, 0.717) is 12.5 Å². The van der Waals surface area contributed by atoms with E-state index < -0.39 is 0 Å². The second-order valence-electron chi connectivity index (χ2n) is 4.82. The zero-order chi connectivity index (χ0) is 12.3. The predicted molar refractivity (Wildman–Crippen MR) is 68.9 cm³/mol. The highest BCUT2D eigenvalue weighted by molar-refractivity contribution is 5.43. The minimum absolute atomic E-state index is 0.270. The monoisotopic (exact) mass is 235 g/mol. The summed E-state index contributed by atoms with van der Waals surface area (Å²) < 4.78 is 0. The fourth-order valence-corrected chi connectivity index (χ4v) is 2.42. The van der Waals surface area contributed by atoms with Crippen molar-refractivity contribution in [2.45, 2.75) is 26.3 Å². The van der Waals surface area contributed by atoms with Crippen LogP contribution in [0.4, 0.5) is 5.82 Å². The molecule has 4 heteroatoms. The molecule has 1 aromatic heterocycles. The lowest BCUT2D eigenvalue weighted by Crippen LogP contribution is -2.37. The van der Waals surface area contributed by atoms with E-state index in [1.807, 2.05) is 13.0 Å². The van der Waals surface area contributed by atoms with Gasteiger partial charge in [-0.15, -0.1) is 0 Å². The lowest BCUT2D eigenvalue weighted by molar-refractivity contribution is 0.208. The van der Waals surface area contributed by atoms with Gasteiger partial charge in [0.15, 0.2) is 0 Å². The van der Waals surface area contributed by atoms with E-state index in [2.05, 4.69) is 16.0 Å². The van der Waals surface area contributed by atoms with Crippen molar-refractivity contribution in [1.82, 2.24) is 4.98 Å². The van der Waals surface area contributed by atoms with Gasteiger partial charge in [0.1, 0.15) is 5.82 Å². The first-order valence-corrected chi connectivity index (χ1v) is 6.26. The van der Waals surface area contributed by atoms with Crippen LogP contribution in [-0.4, -0.2) is 29.8 Å². The summed E-state index contributed by atoms with van der Waals surface area (Å²) in [5, 5.41) is 9.24. The van der Waals surface area contributed by atoms with Crippen LogP contribution in [0.15, 0.2) is 12.1 Å². The van der Waals surface area contributed by atoms with Gasteiger partial charge in [0.05, 0.1) is 0 Å². The summed E-state index contributed by atoms with van der Waals surface area (Å²) in [6.07, 6.45) is 2.24. The Bertz CT molecular complexity index is 381. The molecule has 0 aliphatic carbocycles. The van der Waals surface area contributed by atoms with Crippen LogP contribution in [0.3, 0.4) is 0 Å². The van der Waals surface area contributed by atoms with Crippen LogP contribution < -0.4 is 10.6 Å². The first-order valence-electron chi connectivity index (χ1n) is 6.26. The molecule has 1 fully saturated rings. The summed E-state index contributed by atoms with van der Waals surface area (Å²) in [6.45, 7) is 4.74. The molecule has 0 spiro atoms. The van der Waals surface area contributed by atoms with Crippen LogP contribution >= 0.6 is 0 Å². The Morgan fingerprint density at radius 2 is 2.35 bits per heavy atom. The molecule has 2 heterocycles. The molecule has 0 radical (unpaired) electrons. The molecule has 1 unspecified atom stereocenters. The highest BCUT2D eigenvalue weighted by Crippen LogP contribution is 2.22. The van der Waals surface area contributed by atoms with E-state index in [-0.39, 0.29) is 6.61 Å². The first kappa shape index (κ1) is 12.3. The summed E-state index contributed by atoms with van der Waals surface area (Å²) in [6, 6.07) is 4.09. The smallest absolute Gasteiger partial charge is 0.129 e. The van der Waals surface area contributed by atoms with Crippen molar-refractivity contribution >= 4 is 5.82 Å². The molecule has 94 valence electrons. The lowest BCUT2D eigenvalue weighted by Gasteiger charge is -2.33. The molecule has 1 atom stereocenters. The van der Waals surface area contributed by atoms with E-state index in [1.54, 1.807) is 0 Å². The number of nitrogens with two attached hydrogens (primary N) is 1. The zero-order valence-corrected chi connectivity index (χ0v) is 10.4. The third-order valence-electron chi connectivity index (χ3n) is 3.34. The summed E-state index contributed by atoms with van der Waals surface area (Å²) in [5.74, 6) is 1.39. The predicted octanol–water partition coefficient (Wildman–Crippen LogP) is 1.06. The van der Waals surface area contributed by atoms with Crippen LogP contribution in [0, 0.1) is 12.8 Å². The number of hydrogen-bond acceptors (Lipinski definition) is 4. The first-order chi connectivity index (χ1) is 8.22. The van der Waals surface area contributed by atoms with Crippen molar-refractivity contribution < 1.29 is 5.11 Å².